The van der Waals surface area contributed by atoms with Crippen molar-refractivity contribution in [3.8, 4) is 0 Å². The average Bonchev–Trinajstić information content (AvgIpc) is 3.07. The maximum absolute atomic E-state index is 12.2. The number of hydrogen-bond donors (Lipinski definition) is 1. The first kappa shape index (κ1) is 16.2. The molecular formula is C14H17N3O4S. The fourth-order valence-corrected chi connectivity index (χ4v) is 2.96. The second-order valence-corrected chi connectivity index (χ2v) is 6.27. The van der Waals surface area contributed by atoms with Gasteiger partial charge in [0.25, 0.3) is 11.6 Å². The molecule has 0 radical (unpaired) electrons. The summed E-state index contributed by atoms with van der Waals surface area (Å²) in [4.78, 5) is 25.3. The van der Waals surface area contributed by atoms with Gasteiger partial charge >= 0.3 is 0 Å². The molecule has 7 nitrogen and oxygen atoms in total. The topological polar surface area (TPSA) is 88.6 Å². The van der Waals surface area contributed by atoms with Gasteiger partial charge in [0.05, 0.1) is 27.0 Å². The fraction of sp³-hybridized carbons (Fsp3) is 0.357. The summed E-state index contributed by atoms with van der Waals surface area (Å²) in [6.07, 6.45) is 1.58. The molecule has 0 aliphatic rings. The van der Waals surface area contributed by atoms with Gasteiger partial charge in [0.2, 0.25) is 0 Å². The van der Waals surface area contributed by atoms with Crippen molar-refractivity contribution < 1.29 is 14.1 Å². The number of aryl methyl sites for hydroxylation is 1. The number of carbonyl (C=O) groups is 1. The van der Waals surface area contributed by atoms with Crippen molar-refractivity contribution >= 4 is 22.9 Å². The summed E-state index contributed by atoms with van der Waals surface area (Å²) >= 11 is 1.12. The second kappa shape index (κ2) is 6.71. The van der Waals surface area contributed by atoms with E-state index in [1.54, 1.807) is 19.3 Å². The molecule has 118 valence electrons. The van der Waals surface area contributed by atoms with E-state index >= 15 is 0 Å². The van der Waals surface area contributed by atoms with Gasteiger partial charge in [0, 0.05) is 12.6 Å². The van der Waals surface area contributed by atoms with Crippen LogP contribution in [0.2, 0.25) is 0 Å². The summed E-state index contributed by atoms with van der Waals surface area (Å²) in [5, 5.41) is 13.6. The Hall–Kier alpha value is -2.19. The number of hydrogen-bond acceptors (Lipinski definition) is 6. The first-order valence-electron chi connectivity index (χ1n) is 6.63. The predicted molar refractivity (Wildman–Crippen MR) is 83.2 cm³/mol. The molecule has 1 unspecified atom stereocenters. The van der Waals surface area contributed by atoms with E-state index in [0.29, 0.717) is 16.3 Å². The number of thiophene rings is 1. The third-order valence-corrected chi connectivity index (χ3v) is 4.30. The monoisotopic (exact) mass is 323 g/mol. The van der Waals surface area contributed by atoms with Gasteiger partial charge in [-0.1, -0.05) is 0 Å². The lowest BCUT2D eigenvalue weighted by Crippen LogP contribution is -2.34. The van der Waals surface area contributed by atoms with Crippen LogP contribution in [0, 0.1) is 17.0 Å². The quantitative estimate of drug-likeness (QED) is 0.652. The first-order chi connectivity index (χ1) is 10.4. The molecule has 1 atom stereocenters. The minimum Gasteiger partial charge on any atom is -0.468 e. The summed E-state index contributed by atoms with van der Waals surface area (Å²) in [7, 11) is 3.78. The van der Waals surface area contributed by atoms with Gasteiger partial charge in [-0.15, -0.1) is 11.3 Å². The molecule has 1 amide bonds. The molecule has 2 aromatic heterocycles. The normalized spacial score (nSPS) is 12.4. The SMILES string of the molecule is Cc1sc(C(=O)NCC(c2ccco2)N(C)C)cc1[N+](=O)[O-]. The fourth-order valence-electron chi connectivity index (χ4n) is 2.06. The van der Waals surface area contributed by atoms with Crippen LogP contribution >= 0.6 is 11.3 Å². The molecule has 0 saturated heterocycles. The zero-order chi connectivity index (χ0) is 16.3. The summed E-state index contributed by atoms with van der Waals surface area (Å²) in [5.41, 5.74) is -0.0228. The van der Waals surface area contributed by atoms with Gasteiger partial charge in [0.15, 0.2) is 0 Å². The van der Waals surface area contributed by atoms with Crippen LogP contribution in [0.15, 0.2) is 28.9 Å². The van der Waals surface area contributed by atoms with Gasteiger partial charge in [-0.05, 0) is 33.2 Å². The molecule has 0 bridgehead atoms. The van der Waals surface area contributed by atoms with Crippen LogP contribution in [0.4, 0.5) is 5.69 Å². The van der Waals surface area contributed by atoms with E-state index in [4.69, 9.17) is 4.42 Å². The van der Waals surface area contributed by atoms with E-state index in [9.17, 15) is 14.9 Å². The summed E-state index contributed by atoms with van der Waals surface area (Å²) in [5.74, 6) is 0.429. The molecule has 0 aliphatic heterocycles. The van der Waals surface area contributed by atoms with Crippen molar-refractivity contribution in [3.05, 3.63) is 50.1 Å². The van der Waals surface area contributed by atoms with Crippen molar-refractivity contribution in [2.75, 3.05) is 20.6 Å². The van der Waals surface area contributed by atoms with Crippen LogP contribution in [-0.2, 0) is 0 Å². The number of rotatable bonds is 6. The van der Waals surface area contributed by atoms with Gasteiger partial charge in [0.1, 0.15) is 5.76 Å². The Balaban J connectivity index is 2.05. The van der Waals surface area contributed by atoms with Crippen molar-refractivity contribution in [3.63, 3.8) is 0 Å². The maximum Gasteiger partial charge on any atom is 0.283 e. The number of furan rings is 1. The molecule has 0 spiro atoms. The Kier molecular flexibility index (Phi) is 4.94. The highest BCUT2D eigenvalue weighted by molar-refractivity contribution is 7.14. The van der Waals surface area contributed by atoms with Gasteiger partial charge < -0.3 is 9.73 Å². The standard InChI is InChI=1S/C14H17N3O4S/c1-9-10(17(19)20)7-13(22-9)14(18)15-8-11(16(2)3)12-5-4-6-21-12/h4-7,11H,8H2,1-3H3,(H,15,18). The third kappa shape index (κ3) is 3.52. The molecule has 2 heterocycles. The van der Waals surface area contributed by atoms with Gasteiger partial charge in [-0.3, -0.25) is 19.8 Å². The minimum absolute atomic E-state index is 0.0228. The van der Waals surface area contributed by atoms with Crippen LogP contribution in [0.3, 0.4) is 0 Å². The number of carbonyl (C=O) groups excluding carboxylic acids is 1. The van der Waals surface area contributed by atoms with E-state index in [-0.39, 0.29) is 17.6 Å². The average molecular weight is 323 g/mol. The largest absolute Gasteiger partial charge is 0.468 e. The smallest absolute Gasteiger partial charge is 0.283 e. The highest BCUT2D eigenvalue weighted by atomic mass is 32.1. The van der Waals surface area contributed by atoms with Crippen molar-refractivity contribution in [1.82, 2.24) is 10.2 Å². The highest BCUT2D eigenvalue weighted by Crippen LogP contribution is 2.28. The lowest BCUT2D eigenvalue weighted by atomic mass is 10.2. The van der Waals surface area contributed by atoms with Crippen molar-refractivity contribution in [1.29, 1.82) is 0 Å². The molecule has 2 aromatic rings. The Labute approximate surface area is 131 Å². The summed E-state index contributed by atoms with van der Waals surface area (Å²) < 4.78 is 5.37. The van der Waals surface area contributed by atoms with E-state index < -0.39 is 4.92 Å². The van der Waals surface area contributed by atoms with E-state index in [0.717, 1.165) is 17.1 Å². The Morgan fingerprint density at radius 1 is 1.55 bits per heavy atom. The Bertz CT molecular complexity index is 664. The van der Waals surface area contributed by atoms with Crippen LogP contribution < -0.4 is 5.32 Å². The third-order valence-electron chi connectivity index (χ3n) is 3.26. The Morgan fingerprint density at radius 3 is 2.77 bits per heavy atom. The van der Waals surface area contributed by atoms with Crippen LogP contribution in [0.25, 0.3) is 0 Å². The first-order valence-corrected chi connectivity index (χ1v) is 7.44. The number of likely N-dealkylation sites (N-methyl/N-ethyl adjacent to an activating group) is 1. The molecule has 0 saturated carbocycles. The lowest BCUT2D eigenvalue weighted by Gasteiger charge is -2.22. The number of nitrogens with zero attached hydrogens (tertiary/aromatic N) is 2. The molecule has 1 N–H and O–H groups in total. The molecule has 2 rings (SSSR count). The van der Waals surface area contributed by atoms with Gasteiger partial charge in [-0.2, -0.15) is 0 Å². The number of amides is 1. The zero-order valence-electron chi connectivity index (χ0n) is 12.5. The zero-order valence-corrected chi connectivity index (χ0v) is 13.3. The highest BCUT2D eigenvalue weighted by Gasteiger charge is 2.22. The molecule has 8 heteroatoms. The van der Waals surface area contributed by atoms with E-state index in [1.165, 1.54) is 6.07 Å². The molecule has 22 heavy (non-hydrogen) atoms. The number of nitro groups is 1. The summed E-state index contributed by atoms with van der Waals surface area (Å²) in [6.45, 7) is 1.98. The molecule has 0 aromatic carbocycles. The minimum atomic E-state index is -0.478. The van der Waals surface area contributed by atoms with E-state index in [2.05, 4.69) is 5.32 Å². The summed E-state index contributed by atoms with van der Waals surface area (Å²) in [6, 6.07) is 4.85. The predicted octanol–water partition coefficient (Wildman–Crippen LogP) is 2.59. The molecular weight excluding hydrogens is 306 g/mol. The lowest BCUT2D eigenvalue weighted by molar-refractivity contribution is -0.385. The van der Waals surface area contributed by atoms with E-state index in [1.807, 2.05) is 25.1 Å². The molecule has 0 aliphatic carbocycles. The van der Waals surface area contributed by atoms with Crippen LogP contribution in [-0.4, -0.2) is 36.4 Å². The van der Waals surface area contributed by atoms with Crippen LogP contribution in [0.5, 0.6) is 0 Å². The number of nitrogens with one attached hydrogen (secondary N) is 1. The van der Waals surface area contributed by atoms with Crippen molar-refractivity contribution in [2.24, 2.45) is 0 Å². The molecule has 0 fully saturated rings. The second-order valence-electron chi connectivity index (χ2n) is 5.01. The maximum atomic E-state index is 12.2. The Morgan fingerprint density at radius 2 is 2.27 bits per heavy atom. The van der Waals surface area contributed by atoms with Crippen molar-refractivity contribution in [2.45, 2.75) is 13.0 Å². The van der Waals surface area contributed by atoms with Gasteiger partial charge in [-0.25, -0.2) is 0 Å². The van der Waals surface area contributed by atoms with Crippen LogP contribution in [0.1, 0.15) is 26.4 Å².